The molecule has 1 heterocycles. The number of thiophene rings is 1. The van der Waals surface area contributed by atoms with Gasteiger partial charge in [-0.15, -0.1) is 11.3 Å². The number of guanidine groups is 1. The number of aliphatic imine (C=N–C) groups is 1. The van der Waals surface area contributed by atoms with Gasteiger partial charge in [0.2, 0.25) is 0 Å². The van der Waals surface area contributed by atoms with Crippen molar-refractivity contribution in [1.82, 2.24) is 10.6 Å². The Morgan fingerprint density at radius 3 is 3.11 bits per heavy atom. The average molecular weight is 267 g/mol. The zero-order chi connectivity index (χ0) is 12.6. The second kappa shape index (κ2) is 7.38. The molecule has 5 heteroatoms. The van der Waals surface area contributed by atoms with Gasteiger partial charge in [-0.2, -0.15) is 0 Å². The molecule has 0 atom stereocenters. The maximum absolute atomic E-state index is 5.02. The summed E-state index contributed by atoms with van der Waals surface area (Å²) in [5, 5.41) is 8.91. The van der Waals surface area contributed by atoms with Gasteiger partial charge < -0.3 is 15.4 Å². The maximum atomic E-state index is 5.02. The smallest absolute Gasteiger partial charge is 0.191 e. The molecule has 1 aliphatic carbocycles. The van der Waals surface area contributed by atoms with Crippen LogP contribution in [0, 0.1) is 0 Å². The first-order chi connectivity index (χ1) is 8.88. The van der Waals surface area contributed by atoms with Gasteiger partial charge in [0.15, 0.2) is 5.96 Å². The summed E-state index contributed by atoms with van der Waals surface area (Å²) in [5.41, 5.74) is 0. The molecule has 0 spiro atoms. The predicted molar refractivity (Wildman–Crippen MR) is 76.4 cm³/mol. The Kier molecular flexibility index (Phi) is 5.48. The molecular weight excluding hydrogens is 246 g/mol. The summed E-state index contributed by atoms with van der Waals surface area (Å²) in [7, 11) is 1.70. The highest BCUT2D eigenvalue weighted by atomic mass is 32.1. The number of methoxy groups -OCH3 is 1. The summed E-state index contributed by atoms with van der Waals surface area (Å²) in [6, 6.07) is 4.89. The zero-order valence-electron chi connectivity index (χ0n) is 10.8. The van der Waals surface area contributed by atoms with E-state index in [9.17, 15) is 0 Å². The Morgan fingerprint density at radius 1 is 1.56 bits per heavy atom. The molecule has 0 bridgehead atoms. The van der Waals surface area contributed by atoms with Crippen LogP contribution in [0.5, 0.6) is 0 Å². The van der Waals surface area contributed by atoms with Gasteiger partial charge >= 0.3 is 0 Å². The Bertz CT molecular complexity index is 360. The number of ether oxygens (including phenoxy) is 1. The molecule has 1 saturated carbocycles. The van der Waals surface area contributed by atoms with Gasteiger partial charge in [0.25, 0.3) is 0 Å². The molecule has 1 fully saturated rings. The third-order valence-electron chi connectivity index (χ3n) is 2.73. The molecular formula is C13H21N3OS. The second-order valence-electron chi connectivity index (χ2n) is 4.40. The van der Waals surface area contributed by atoms with E-state index in [0.717, 1.165) is 18.9 Å². The lowest BCUT2D eigenvalue weighted by Crippen LogP contribution is -2.39. The first kappa shape index (κ1) is 13.4. The van der Waals surface area contributed by atoms with Crippen molar-refractivity contribution in [3.05, 3.63) is 22.4 Å². The van der Waals surface area contributed by atoms with Crippen molar-refractivity contribution in [2.45, 2.75) is 25.3 Å². The van der Waals surface area contributed by atoms with Gasteiger partial charge in [-0.1, -0.05) is 6.07 Å². The molecule has 4 nitrogen and oxygen atoms in total. The van der Waals surface area contributed by atoms with Gasteiger partial charge in [-0.05, 0) is 30.7 Å². The molecule has 1 aromatic heterocycles. The third-order valence-corrected chi connectivity index (χ3v) is 3.66. The molecule has 1 aliphatic rings. The highest BCUT2D eigenvalue weighted by Gasteiger charge is 2.22. The summed E-state index contributed by atoms with van der Waals surface area (Å²) in [6.07, 6.45) is 3.57. The summed E-state index contributed by atoms with van der Waals surface area (Å²) in [5.74, 6) is 0.922. The predicted octanol–water partition coefficient (Wildman–Crippen LogP) is 1.63. The molecule has 0 aliphatic heterocycles. The number of nitrogens with zero attached hydrogens (tertiary/aromatic N) is 1. The van der Waals surface area contributed by atoms with Crippen LogP contribution >= 0.6 is 11.3 Å². The van der Waals surface area contributed by atoms with E-state index in [4.69, 9.17) is 4.74 Å². The fraction of sp³-hybridized carbons (Fsp3) is 0.615. The van der Waals surface area contributed by atoms with E-state index in [1.165, 1.54) is 17.7 Å². The summed E-state index contributed by atoms with van der Waals surface area (Å²) < 4.78 is 5.02. The standard InChI is InChI=1S/C13H21N3OS/c1-17-9-8-15-13(16-11-4-5-11)14-7-6-12-3-2-10-18-12/h2-3,10-11H,4-9H2,1H3,(H2,14,15,16). The van der Waals surface area contributed by atoms with E-state index in [0.29, 0.717) is 19.2 Å². The van der Waals surface area contributed by atoms with Crippen LogP contribution in [0.1, 0.15) is 17.7 Å². The van der Waals surface area contributed by atoms with Crippen LogP contribution in [-0.4, -0.2) is 38.8 Å². The van der Waals surface area contributed by atoms with Crippen molar-refractivity contribution >= 4 is 17.3 Å². The highest BCUT2D eigenvalue weighted by Crippen LogP contribution is 2.18. The van der Waals surface area contributed by atoms with Crippen molar-refractivity contribution in [2.75, 3.05) is 26.8 Å². The van der Waals surface area contributed by atoms with Crippen molar-refractivity contribution in [3.8, 4) is 0 Å². The molecule has 18 heavy (non-hydrogen) atoms. The fourth-order valence-electron chi connectivity index (χ4n) is 1.58. The largest absolute Gasteiger partial charge is 0.383 e. The van der Waals surface area contributed by atoms with Crippen molar-refractivity contribution in [1.29, 1.82) is 0 Å². The molecule has 2 N–H and O–H groups in total. The SMILES string of the molecule is COCCN=C(NCCc1cccs1)NC1CC1. The number of rotatable bonds is 7. The van der Waals surface area contributed by atoms with Crippen LogP contribution in [0.2, 0.25) is 0 Å². The van der Waals surface area contributed by atoms with E-state index >= 15 is 0 Å². The lowest BCUT2D eigenvalue weighted by Gasteiger charge is -2.11. The Balaban J connectivity index is 1.71. The van der Waals surface area contributed by atoms with E-state index in [1.807, 2.05) is 0 Å². The van der Waals surface area contributed by atoms with Crippen LogP contribution in [-0.2, 0) is 11.2 Å². The van der Waals surface area contributed by atoms with Crippen molar-refractivity contribution in [2.24, 2.45) is 4.99 Å². The van der Waals surface area contributed by atoms with Crippen LogP contribution in [0.15, 0.2) is 22.5 Å². The summed E-state index contributed by atoms with van der Waals surface area (Å²) in [6.45, 7) is 2.30. The molecule has 0 saturated heterocycles. The maximum Gasteiger partial charge on any atom is 0.191 e. The first-order valence-corrected chi connectivity index (χ1v) is 7.32. The van der Waals surface area contributed by atoms with Gasteiger partial charge in [-0.3, -0.25) is 4.99 Å². The number of nitrogens with one attached hydrogen (secondary N) is 2. The molecule has 100 valence electrons. The van der Waals surface area contributed by atoms with Gasteiger partial charge in [0.1, 0.15) is 0 Å². The number of hydrogen-bond donors (Lipinski definition) is 2. The second-order valence-corrected chi connectivity index (χ2v) is 5.43. The summed E-state index contributed by atoms with van der Waals surface area (Å²) >= 11 is 1.80. The lowest BCUT2D eigenvalue weighted by molar-refractivity contribution is 0.208. The molecule has 0 unspecified atom stereocenters. The molecule has 1 aromatic rings. The third kappa shape index (κ3) is 5.06. The zero-order valence-corrected chi connectivity index (χ0v) is 11.6. The molecule has 0 amide bonds. The van der Waals surface area contributed by atoms with Gasteiger partial charge in [0, 0.05) is 24.6 Å². The van der Waals surface area contributed by atoms with E-state index in [1.54, 1.807) is 18.4 Å². The van der Waals surface area contributed by atoms with E-state index in [2.05, 4.69) is 33.1 Å². The molecule has 0 aromatic carbocycles. The summed E-state index contributed by atoms with van der Waals surface area (Å²) in [4.78, 5) is 5.89. The Labute approximate surface area is 112 Å². The van der Waals surface area contributed by atoms with Gasteiger partial charge in [-0.25, -0.2) is 0 Å². The Hall–Kier alpha value is -1.07. The lowest BCUT2D eigenvalue weighted by atomic mass is 10.3. The van der Waals surface area contributed by atoms with Gasteiger partial charge in [0.05, 0.1) is 13.2 Å². The van der Waals surface area contributed by atoms with Crippen LogP contribution in [0.3, 0.4) is 0 Å². The number of hydrogen-bond acceptors (Lipinski definition) is 3. The van der Waals surface area contributed by atoms with Crippen LogP contribution < -0.4 is 10.6 Å². The van der Waals surface area contributed by atoms with Crippen LogP contribution in [0.4, 0.5) is 0 Å². The molecule has 0 radical (unpaired) electrons. The van der Waals surface area contributed by atoms with Crippen LogP contribution in [0.25, 0.3) is 0 Å². The van der Waals surface area contributed by atoms with E-state index < -0.39 is 0 Å². The minimum atomic E-state index is 0.625. The van der Waals surface area contributed by atoms with E-state index in [-0.39, 0.29) is 0 Å². The monoisotopic (exact) mass is 267 g/mol. The Morgan fingerprint density at radius 2 is 2.44 bits per heavy atom. The minimum absolute atomic E-state index is 0.625. The molecule has 2 rings (SSSR count). The normalized spacial score (nSPS) is 15.7. The first-order valence-electron chi connectivity index (χ1n) is 6.44. The minimum Gasteiger partial charge on any atom is -0.383 e. The van der Waals surface area contributed by atoms with Crippen molar-refractivity contribution < 1.29 is 4.74 Å². The van der Waals surface area contributed by atoms with Crippen molar-refractivity contribution in [3.63, 3.8) is 0 Å². The fourth-order valence-corrected chi connectivity index (χ4v) is 2.29. The average Bonchev–Trinajstić information content (AvgIpc) is 3.03. The topological polar surface area (TPSA) is 45.6 Å². The quantitative estimate of drug-likeness (QED) is 0.448. The highest BCUT2D eigenvalue weighted by molar-refractivity contribution is 7.09.